The van der Waals surface area contributed by atoms with Crippen molar-refractivity contribution < 1.29 is 17.2 Å². The first-order valence-electron chi connectivity index (χ1n) is 4.09. The predicted molar refractivity (Wildman–Crippen MR) is 55.5 cm³/mol. The molecule has 0 spiro atoms. The molecule has 14 heavy (non-hydrogen) atoms. The molecule has 1 atom stereocenters. The Hall–Kier alpha value is -0.0200. The SMILES string of the molecule is CN(C)CCCCS(=O)(=O)NS(=O)O. The maximum Gasteiger partial charge on any atom is 0.245 e. The molecule has 8 heteroatoms. The Morgan fingerprint density at radius 1 is 1.36 bits per heavy atom. The van der Waals surface area contributed by atoms with Crippen molar-refractivity contribution in [1.29, 1.82) is 0 Å². The second-order valence-electron chi connectivity index (χ2n) is 3.16. The number of nitrogens with one attached hydrogen (secondary N) is 1. The van der Waals surface area contributed by atoms with Gasteiger partial charge < -0.3 is 4.90 Å². The molecule has 0 bridgehead atoms. The van der Waals surface area contributed by atoms with Crippen molar-refractivity contribution >= 4 is 21.3 Å². The minimum Gasteiger partial charge on any atom is -0.309 e. The molecule has 0 heterocycles. The van der Waals surface area contributed by atoms with E-state index in [0.717, 1.165) is 13.0 Å². The highest BCUT2D eigenvalue weighted by Crippen LogP contribution is 1.95. The van der Waals surface area contributed by atoms with E-state index in [1.807, 2.05) is 19.0 Å². The molecule has 0 aliphatic rings. The first kappa shape index (κ1) is 14.0. The zero-order chi connectivity index (χ0) is 11.2. The number of nitrogens with zero attached hydrogens (tertiary/aromatic N) is 1. The van der Waals surface area contributed by atoms with Gasteiger partial charge in [0.25, 0.3) is 0 Å². The Bertz CT molecular complexity index is 276. The number of unbranched alkanes of at least 4 members (excludes halogenated alkanes) is 1. The second kappa shape index (κ2) is 6.46. The van der Waals surface area contributed by atoms with Crippen molar-refractivity contribution in [3.63, 3.8) is 0 Å². The Kier molecular flexibility index (Phi) is 6.45. The van der Waals surface area contributed by atoms with Crippen LogP contribution in [0.25, 0.3) is 0 Å². The molecule has 0 radical (unpaired) electrons. The number of hydrogen-bond acceptors (Lipinski definition) is 4. The molecule has 0 fully saturated rings. The van der Waals surface area contributed by atoms with E-state index in [1.165, 1.54) is 0 Å². The highest BCUT2D eigenvalue weighted by Gasteiger charge is 2.11. The Morgan fingerprint density at radius 2 is 1.93 bits per heavy atom. The first-order valence-corrected chi connectivity index (χ1v) is 6.85. The van der Waals surface area contributed by atoms with Crippen LogP contribution in [0.4, 0.5) is 0 Å². The molecule has 0 aromatic rings. The highest BCUT2D eigenvalue weighted by molar-refractivity contribution is 7.99. The van der Waals surface area contributed by atoms with Crippen LogP contribution in [0.15, 0.2) is 0 Å². The third kappa shape index (κ3) is 8.57. The fourth-order valence-corrected chi connectivity index (χ4v) is 2.66. The van der Waals surface area contributed by atoms with Crippen LogP contribution in [0.2, 0.25) is 0 Å². The van der Waals surface area contributed by atoms with Crippen LogP contribution in [0.5, 0.6) is 0 Å². The summed E-state index contributed by atoms with van der Waals surface area (Å²) in [6.07, 6.45) is 1.22. The molecule has 0 amide bonds. The van der Waals surface area contributed by atoms with Crippen LogP contribution in [0.3, 0.4) is 0 Å². The smallest absolute Gasteiger partial charge is 0.245 e. The summed E-state index contributed by atoms with van der Waals surface area (Å²) in [6.45, 7) is 0.803. The molecule has 0 saturated carbocycles. The van der Waals surface area contributed by atoms with Crippen LogP contribution in [0, 0.1) is 0 Å². The highest BCUT2D eigenvalue weighted by atomic mass is 32.3. The van der Waals surface area contributed by atoms with Gasteiger partial charge in [0.15, 0.2) is 0 Å². The zero-order valence-corrected chi connectivity index (χ0v) is 9.90. The van der Waals surface area contributed by atoms with Crippen molar-refractivity contribution in [3.8, 4) is 0 Å². The maximum absolute atomic E-state index is 11.0. The van der Waals surface area contributed by atoms with Crippen LogP contribution in [-0.2, 0) is 21.3 Å². The first-order chi connectivity index (χ1) is 6.33. The average molecular weight is 244 g/mol. The van der Waals surface area contributed by atoms with Crippen molar-refractivity contribution in [2.24, 2.45) is 0 Å². The number of rotatable bonds is 7. The molecular weight excluding hydrogens is 228 g/mol. The minimum atomic E-state index is -3.60. The second-order valence-corrected chi connectivity index (χ2v) is 5.96. The van der Waals surface area contributed by atoms with E-state index in [2.05, 4.69) is 0 Å². The van der Waals surface area contributed by atoms with E-state index in [-0.39, 0.29) is 5.75 Å². The van der Waals surface area contributed by atoms with E-state index in [0.29, 0.717) is 6.42 Å². The molecule has 0 rings (SSSR count). The quantitative estimate of drug-likeness (QED) is 0.460. The van der Waals surface area contributed by atoms with Gasteiger partial charge in [-0.15, -0.1) is 4.13 Å². The van der Waals surface area contributed by atoms with Crippen LogP contribution in [-0.4, -0.2) is 48.5 Å². The van der Waals surface area contributed by atoms with Gasteiger partial charge in [0.2, 0.25) is 21.3 Å². The summed E-state index contributed by atoms with van der Waals surface area (Å²) in [6, 6.07) is 0. The third-order valence-electron chi connectivity index (χ3n) is 1.47. The van der Waals surface area contributed by atoms with Gasteiger partial charge in [-0.1, -0.05) is 0 Å². The lowest BCUT2D eigenvalue weighted by molar-refractivity contribution is 0.398. The summed E-state index contributed by atoms with van der Waals surface area (Å²) in [4.78, 5) is 1.95. The Balaban J connectivity index is 3.72. The van der Waals surface area contributed by atoms with Crippen molar-refractivity contribution in [2.45, 2.75) is 12.8 Å². The normalized spacial score (nSPS) is 14.6. The zero-order valence-electron chi connectivity index (χ0n) is 8.26. The van der Waals surface area contributed by atoms with Gasteiger partial charge in [-0.25, -0.2) is 12.6 Å². The van der Waals surface area contributed by atoms with Crippen molar-refractivity contribution in [2.75, 3.05) is 26.4 Å². The molecule has 86 valence electrons. The monoisotopic (exact) mass is 244 g/mol. The molecular formula is C6H16N2O4S2. The molecule has 0 aromatic heterocycles. The summed E-state index contributed by atoms with van der Waals surface area (Å²) < 4.78 is 42.1. The van der Waals surface area contributed by atoms with Crippen molar-refractivity contribution in [1.82, 2.24) is 9.03 Å². The van der Waals surface area contributed by atoms with E-state index in [9.17, 15) is 12.6 Å². The van der Waals surface area contributed by atoms with Crippen molar-refractivity contribution in [3.05, 3.63) is 0 Å². The lowest BCUT2D eigenvalue weighted by Gasteiger charge is -2.08. The lowest BCUT2D eigenvalue weighted by atomic mass is 10.3. The van der Waals surface area contributed by atoms with E-state index >= 15 is 0 Å². The summed E-state index contributed by atoms with van der Waals surface area (Å²) in [5.41, 5.74) is 0. The molecule has 0 saturated heterocycles. The van der Waals surface area contributed by atoms with Crippen LogP contribution in [0.1, 0.15) is 12.8 Å². The van der Waals surface area contributed by atoms with E-state index < -0.39 is 21.3 Å². The summed E-state index contributed by atoms with van der Waals surface area (Å²) in [5, 5.41) is 0. The van der Waals surface area contributed by atoms with E-state index in [1.54, 1.807) is 4.13 Å². The fraction of sp³-hybridized carbons (Fsp3) is 1.00. The van der Waals surface area contributed by atoms with Gasteiger partial charge in [-0.2, -0.15) is 0 Å². The third-order valence-corrected chi connectivity index (χ3v) is 3.88. The Labute approximate surface area is 87.1 Å². The van der Waals surface area contributed by atoms with Gasteiger partial charge in [0.1, 0.15) is 0 Å². The number of sulfonamides is 1. The molecule has 6 nitrogen and oxygen atoms in total. The van der Waals surface area contributed by atoms with Gasteiger partial charge in [0, 0.05) is 0 Å². The van der Waals surface area contributed by atoms with Gasteiger partial charge >= 0.3 is 0 Å². The minimum absolute atomic E-state index is 0.118. The van der Waals surface area contributed by atoms with Gasteiger partial charge in [0.05, 0.1) is 5.75 Å². The standard InChI is InChI=1S/C6H16N2O4S2/c1-8(2)5-3-4-6-14(11,12)7-13(9)10/h7H,3-6H2,1-2H3,(H,9,10). The van der Waals surface area contributed by atoms with Crippen LogP contribution < -0.4 is 4.13 Å². The Morgan fingerprint density at radius 3 is 2.36 bits per heavy atom. The van der Waals surface area contributed by atoms with Gasteiger partial charge in [-0.05, 0) is 33.5 Å². The summed E-state index contributed by atoms with van der Waals surface area (Å²) >= 11 is -2.50. The molecule has 0 aromatic carbocycles. The van der Waals surface area contributed by atoms with Crippen LogP contribution >= 0.6 is 0 Å². The summed E-state index contributed by atoms with van der Waals surface area (Å²) in [5.74, 6) is -0.118. The predicted octanol–water partition coefficient (Wildman–Crippen LogP) is -0.616. The fourth-order valence-electron chi connectivity index (χ4n) is 0.870. The summed E-state index contributed by atoms with van der Waals surface area (Å²) in [7, 11) is 0.199. The van der Waals surface area contributed by atoms with Gasteiger partial charge in [-0.3, -0.25) is 4.55 Å². The molecule has 1 unspecified atom stereocenters. The average Bonchev–Trinajstić information content (AvgIpc) is 1.95. The molecule has 0 aliphatic heterocycles. The maximum atomic E-state index is 11.0. The largest absolute Gasteiger partial charge is 0.309 e. The molecule has 0 aliphatic carbocycles. The molecule has 2 N–H and O–H groups in total. The lowest BCUT2D eigenvalue weighted by Crippen LogP contribution is -2.28. The number of hydrogen-bond donors (Lipinski definition) is 2. The van der Waals surface area contributed by atoms with E-state index in [4.69, 9.17) is 4.55 Å². The topological polar surface area (TPSA) is 86.7 Å².